The summed E-state index contributed by atoms with van der Waals surface area (Å²) in [6.45, 7) is 0. The van der Waals surface area contributed by atoms with Crippen LogP contribution in [0.15, 0.2) is 24.3 Å². The molecule has 1 aromatic rings. The fraction of sp³-hybridized carbons (Fsp3) is 0.125. The molecule has 0 aromatic heterocycles. The number of carbonyl (C=O) groups excluding carboxylic acids is 1. The zero-order valence-corrected chi connectivity index (χ0v) is 6.88. The number of rotatable bonds is 2. The molecular formula is C8H7ClFNO. The summed E-state index contributed by atoms with van der Waals surface area (Å²) >= 11 is 5.30. The molecule has 0 fully saturated rings. The molecule has 2 N–H and O–H groups in total. The molecule has 0 spiro atoms. The van der Waals surface area contributed by atoms with Gasteiger partial charge in [-0.2, -0.15) is 0 Å². The summed E-state index contributed by atoms with van der Waals surface area (Å²) in [6, 6.07) is 5.58. The Morgan fingerprint density at radius 1 is 1.50 bits per heavy atom. The van der Waals surface area contributed by atoms with Gasteiger partial charge in [-0.05, 0) is 12.1 Å². The topological polar surface area (TPSA) is 43.1 Å². The lowest BCUT2D eigenvalue weighted by molar-refractivity contribution is 0.0984. The first-order chi connectivity index (χ1) is 5.63. The van der Waals surface area contributed by atoms with Crippen molar-refractivity contribution in [2.24, 2.45) is 5.73 Å². The standard InChI is InChI=1S/C8H7ClFNO/c9-8(11)7(12)5-3-1-2-4-6(5)10/h1-4,8H,11H2. The molecule has 1 rings (SSSR count). The molecule has 1 unspecified atom stereocenters. The van der Waals surface area contributed by atoms with Gasteiger partial charge in [0, 0.05) is 0 Å². The van der Waals surface area contributed by atoms with Gasteiger partial charge >= 0.3 is 0 Å². The Kier molecular flexibility index (Phi) is 2.78. The van der Waals surface area contributed by atoms with Gasteiger partial charge in [0.1, 0.15) is 11.3 Å². The summed E-state index contributed by atoms with van der Waals surface area (Å²) in [4.78, 5) is 11.1. The number of Topliss-reactive ketones (excluding diaryl/α,β-unsaturated/α-hetero) is 1. The van der Waals surface area contributed by atoms with Gasteiger partial charge in [0.15, 0.2) is 5.78 Å². The van der Waals surface area contributed by atoms with Crippen LogP contribution in [0.2, 0.25) is 0 Å². The Morgan fingerprint density at radius 3 is 2.58 bits per heavy atom. The van der Waals surface area contributed by atoms with Gasteiger partial charge in [0.05, 0.1) is 5.56 Å². The zero-order chi connectivity index (χ0) is 9.14. The number of hydrogen-bond acceptors (Lipinski definition) is 2. The van der Waals surface area contributed by atoms with E-state index in [1.54, 1.807) is 6.07 Å². The van der Waals surface area contributed by atoms with E-state index in [1.165, 1.54) is 18.2 Å². The highest BCUT2D eigenvalue weighted by Crippen LogP contribution is 2.09. The number of halogens is 2. The van der Waals surface area contributed by atoms with E-state index in [-0.39, 0.29) is 5.56 Å². The molecular weight excluding hydrogens is 181 g/mol. The molecule has 2 nitrogen and oxygen atoms in total. The smallest absolute Gasteiger partial charge is 0.197 e. The number of carbonyl (C=O) groups is 1. The lowest BCUT2D eigenvalue weighted by atomic mass is 10.1. The van der Waals surface area contributed by atoms with Crippen LogP contribution in [0.1, 0.15) is 10.4 Å². The number of hydrogen-bond donors (Lipinski definition) is 1. The van der Waals surface area contributed by atoms with Crippen molar-refractivity contribution in [2.75, 3.05) is 0 Å². The van der Waals surface area contributed by atoms with E-state index in [4.69, 9.17) is 17.3 Å². The predicted octanol–water partition coefficient (Wildman–Crippen LogP) is 1.53. The highest BCUT2D eigenvalue weighted by molar-refractivity contribution is 6.33. The molecule has 0 bridgehead atoms. The molecule has 0 saturated carbocycles. The van der Waals surface area contributed by atoms with Crippen molar-refractivity contribution in [3.8, 4) is 0 Å². The first-order valence-corrected chi connectivity index (χ1v) is 3.75. The third kappa shape index (κ3) is 1.81. The monoisotopic (exact) mass is 187 g/mol. The highest BCUT2D eigenvalue weighted by atomic mass is 35.5. The van der Waals surface area contributed by atoms with Crippen molar-refractivity contribution in [3.05, 3.63) is 35.6 Å². The SMILES string of the molecule is NC(Cl)C(=O)c1ccccc1F. The maximum atomic E-state index is 12.9. The Hall–Kier alpha value is -0.930. The first-order valence-electron chi connectivity index (χ1n) is 3.31. The lowest BCUT2D eigenvalue weighted by Crippen LogP contribution is -2.24. The number of nitrogens with two attached hydrogens (primary N) is 1. The minimum absolute atomic E-state index is 0.0694. The molecule has 0 amide bonds. The quantitative estimate of drug-likeness (QED) is 0.434. The van der Waals surface area contributed by atoms with Gasteiger partial charge in [0.2, 0.25) is 0 Å². The van der Waals surface area contributed by atoms with Crippen molar-refractivity contribution in [3.63, 3.8) is 0 Å². The average Bonchev–Trinajstić information content (AvgIpc) is 2.04. The third-order valence-electron chi connectivity index (χ3n) is 1.39. The van der Waals surface area contributed by atoms with Gasteiger partial charge in [-0.3, -0.25) is 4.79 Å². The van der Waals surface area contributed by atoms with Crippen molar-refractivity contribution in [1.82, 2.24) is 0 Å². The molecule has 0 aliphatic rings. The van der Waals surface area contributed by atoms with Crippen LogP contribution in [0.3, 0.4) is 0 Å². The maximum Gasteiger partial charge on any atom is 0.197 e. The van der Waals surface area contributed by atoms with Crippen LogP contribution in [-0.4, -0.2) is 11.3 Å². The molecule has 4 heteroatoms. The van der Waals surface area contributed by atoms with Crippen LogP contribution in [0.25, 0.3) is 0 Å². The molecule has 1 atom stereocenters. The van der Waals surface area contributed by atoms with E-state index >= 15 is 0 Å². The van der Waals surface area contributed by atoms with Crippen molar-refractivity contribution in [2.45, 2.75) is 5.50 Å². The van der Waals surface area contributed by atoms with Gasteiger partial charge in [-0.1, -0.05) is 23.7 Å². The van der Waals surface area contributed by atoms with Crippen LogP contribution < -0.4 is 5.73 Å². The van der Waals surface area contributed by atoms with E-state index in [9.17, 15) is 9.18 Å². The minimum Gasteiger partial charge on any atom is -0.309 e. The summed E-state index contributed by atoms with van der Waals surface area (Å²) in [5.41, 5.74) is 3.84. The molecule has 1 aromatic carbocycles. The van der Waals surface area contributed by atoms with Crippen LogP contribution in [0.5, 0.6) is 0 Å². The van der Waals surface area contributed by atoms with Gasteiger partial charge in [-0.15, -0.1) is 0 Å². The number of alkyl halides is 1. The molecule has 64 valence electrons. The molecule has 0 heterocycles. The largest absolute Gasteiger partial charge is 0.309 e. The normalized spacial score (nSPS) is 12.6. The molecule has 0 aliphatic carbocycles. The second-order valence-corrected chi connectivity index (χ2v) is 2.72. The van der Waals surface area contributed by atoms with E-state index in [0.717, 1.165) is 0 Å². The Labute approximate surface area is 74.1 Å². The summed E-state index contributed by atoms with van der Waals surface area (Å²) < 4.78 is 12.9. The molecule has 0 radical (unpaired) electrons. The Morgan fingerprint density at radius 2 is 2.08 bits per heavy atom. The highest BCUT2D eigenvalue weighted by Gasteiger charge is 2.15. The summed E-state index contributed by atoms with van der Waals surface area (Å²) in [6.07, 6.45) is 0. The van der Waals surface area contributed by atoms with E-state index in [1.807, 2.05) is 0 Å². The van der Waals surface area contributed by atoms with E-state index in [0.29, 0.717) is 0 Å². The maximum absolute atomic E-state index is 12.9. The second-order valence-electron chi connectivity index (χ2n) is 2.25. The zero-order valence-electron chi connectivity index (χ0n) is 6.13. The number of benzene rings is 1. The summed E-state index contributed by atoms with van der Waals surface area (Å²) in [7, 11) is 0. The Bertz CT molecular complexity index is 301. The summed E-state index contributed by atoms with van der Waals surface area (Å²) in [5.74, 6) is -1.20. The van der Waals surface area contributed by atoms with Gasteiger partial charge in [0.25, 0.3) is 0 Å². The second kappa shape index (κ2) is 3.65. The number of ketones is 1. The fourth-order valence-electron chi connectivity index (χ4n) is 0.810. The van der Waals surface area contributed by atoms with Crippen molar-refractivity contribution in [1.29, 1.82) is 0 Å². The van der Waals surface area contributed by atoms with Crippen LogP contribution in [0, 0.1) is 5.82 Å². The van der Waals surface area contributed by atoms with E-state index in [2.05, 4.69) is 0 Å². The van der Waals surface area contributed by atoms with E-state index < -0.39 is 17.1 Å². The van der Waals surface area contributed by atoms with Crippen LogP contribution in [-0.2, 0) is 0 Å². The first kappa shape index (κ1) is 9.16. The van der Waals surface area contributed by atoms with Gasteiger partial charge in [-0.25, -0.2) is 4.39 Å². The lowest BCUT2D eigenvalue weighted by Gasteiger charge is -2.02. The fourth-order valence-corrected chi connectivity index (χ4v) is 0.927. The molecule has 12 heavy (non-hydrogen) atoms. The van der Waals surface area contributed by atoms with Crippen molar-refractivity contribution < 1.29 is 9.18 Å². The minimum atomic E-state index is -1.18. The third-order valence-corrected chi connectivity index (χ3v) is 1.59. The Balaban J connectivity index is 3.03. The summed E-state index contributed by atoms with van der Waals surface area (Å²) in [5, 5.41) is 0. The average molecular weight is 188 g/mol. The van der Waals surface area contributed by atoms with Crippen LogP contribution >= 0.6 is 11.6 Å². The van der Waals surface area contributed by atoms with Crippen LogP contribution in [0.4, 0.5) is 4.39 Å². The van der Waals surface area contributed by atoms with Gasteiger partial charge < -0.3 is 5.73 Å². The predicted molar refractivity (Wildman–Crippen MR) is 44.6 cm³/mol. The molecule has 0 aliphatic heterocycles. The molecule has 0 saturated heterocycles. The van der Waals surface area contributed by atoms with Crippen molar-refractivity contribution >= 4 is 17.4 Å².